The van der Waals surface area contributed by atoms with Crippen molar-refractivity contribution in [3.8, 4) is 6.01 Å². The van der Waals surface area contributed by atoms with Crippen LogP contribution in [-0.2, 0) is 5.54 Å². The van der Waals surface area contributed by atoms with E-state index in [1.54, 1.807) is 12.1 Å². The van der Waals surface area contributed by atoms with Gasteiger partial charge in [0.15, 0.2) is 0 Å². The van der Waals surface area contributed by atoms with Gasteiger partial charge >= 0.3 is 12.0 Å². The fourth-order valence-electron chi connectivity index (χ4n) is 3.02. The molecule has 0 unspecified atom stereocenters. The van der Waals surface area contributed by atoms with Crippen LogP contribution in [0.4, 0.5) is 17.6 Å². The van der Waals surface area contributed by atoms with Crippen LogP contribution in [0, 0.1) is 0 Å². The quantitative estimate of drug-likeness (QED) is 0.483. The number of nitrogens with one attached hydrogen (secondary N) is 2. The molecule has 0 spiro atoms. The first-order valence-corrected chi connectivity index (χ1v) is 9.59. The monoisotopic (exact) mass is 427 g/mol. The van der Waals surface area contributed by atoms with Crippen LogP contribution in [0.5, 0.6) is 6.01 Å². The van der Waals surface area contributed by atoms with Gasteiger partial charge < -0.3 is 20.5 Å². The molecule has 0 radical (unpaired) electrons. The summed E-state index contributed by atoms with van der Waals surface area (Å²) >= 11 is 6.00. The number of hydrogen-bond acceptors (Lipinski definition) is 7. The summed E-state index contributed by atoms with van der Waals surface area (Å²) in [6, 6.07) is 13.4. The number of aromatic nitrogens is 3. The highest BCUT2D eigenvalue weighted by molar-refractivity contribution is 6.30. The molecule has 3 N–H and O–H groups in total. The first-order valence-electron chi connectivity index (χ1n) is 10.2. The summed E-state index contributed by atoms with van der Waals surface area (Å²) in [5.74, 6) is -0.686. The van der Waals surface area contributed by atoms with Crippen molar-refractivity contribution in [2.45, 2.75) is 25.3 Å². The van der Waals surface area contributed by atoms with Crippen LogP contribution in [-0.4, -0.2) is 32.6 Å². The van der Waals surface area contributed by atoms with Crippen LogP contribution >= 0.6 is 11.6 Å². The lowest BCUT2D eigenvalue weighted by molar-refractivity contribution is 0.0697. The average Bonchev–Trinajstić information content (AvgIpc) is 3.48. The van der Waals surface area contributed by atoms with E-state index in [-0.39, 0.29) is 29.0 Å². The zero-order valence-electron chi connectivity index (χ0n) is 18.0. The van der Waals surface area contributed by atoms with Crippen molar-refractivity contribution >= 4 is 35.2 Å². The molecular weight excluding hydrogens is 406 g/mol. The minimum Gasteiger partial charge on any atom is -0.478 e. The van der Waals surface area contributed by atoms with E-state index in [0.717, 1.165) is 18.4 Å². The minimum atomic E-state index is -1.99. The Kier molecular flexibility index (Phi) is 4.75. The van der Waals surface area contributed by atoms with Crippen molar-refractivity contribution < 1.29 is 17.4 Å². The number of ether oxygens (including phenoxy) is 1. The van der Waals surface area contributed by atoms with Gasteiger partial charge in [-0.05, 0) is 61.7 Å². The molecule has 1 fully saturated rings. The van der Waals surface area contributed by atoms with Gasteiger partial charge in [-0.25, -0.2) is 4.79 Å². The summed E-state index contributed by atoms with van der Waals surface area (Å²) < 4.78 is 20.6. The molecule has 0 amide bonds. The van der Waals surface area contributed by atoms with E-state index in [1.165, 1.54) is 19.1 Å². The van der Waals surface area contributed by atoms with Crippen LogP contribution in [0.1, 0.15) is 38.4 Å². The molecule has 4 rings (SSSR count). The minimum absolute atomic E-state index is 0.122. The van der Waals surface area contributed by atoms with Crippen molar-refractivity contribution in [2.75, 3.05) is 17.2 Å². The number of anilines is 3. The number of halogens is 1. The molecule has 30 heavy (non-hydrogen) atoms. The van der Waals surface area contributed by atoms with Gasteiger partial charge in [-0.1, -0.05) is 23.7 Å². The molecule has 1 heterocycles. The SMILES string of the molecule is [2H]C([2H])(C)Oc1nc(Nc2ccc(C(=O)O)cc2)nc(NC2(c3ccc(Cl)cc3)CC2)n1. The number of rotatable bonds is 8. The molecule has 9 heteroatoms. The van der Waals surface area contributed by atoms with Gasteiger partial charge in [0, 0.05) is 10.7 Å². The van der Waals surface area contributed by atoms with Gasteiger partial charge in [0.25, 0.3) is 0 Å². The normalized spacial score (nSPS) is 15.5. The first-order chi connectivity index (χ1) is 15.1. The molecule has 1 aromatic heterocycles. The topological polar surface area (TPSA) is 109 Å². The summed E-state index contributed by atoms with van der Waals surface area (Å²) in [6.07, 6.45) is 1.73. The Balaban J connectivity index is 1.62. The maximum atomic E-state index is 11.0. The molecule has 8 nitrogen and oxygen atoms in total. The fraction of sp³-hybridized carbons (Fsp3) is 0.238. The zero-order valence-corrected chi connectivity index (χ0v) is 16.8. The van der Waals surface area contributed by atoms with Crippen LogP contribution < -0.4 is 15.4 Å². The molecule has 154 valence electrons. The average molecular weight is 428 g/mol. The molecule has 0 bridgehead atoms. The summed E-state index contributed by atoms with van der Waals surface area (Å²) in [4.78, 5) is 23.8. The lowest BCUT2D eigenvalue weighted by atomic mass is 10.1. The molecule has 2 aromatic carbocycles. The third-order valence-electron chi connectivity index (χ3n) is 4.69. The van der Waals surface area contributed by atoms with Crippen molar-refractivity contribution in [1.82, 2.24) is 15.0 Å². The summed E-state index contributed by atoms with van der Waals surface area (Å²) in [5.41, 5.74) is 1.38. The van der Waals surface area contributed by atoms with E-state index in [0.29, 0.717) is 10.7 Å². The van der Waals surface area contributed by atoms with Gasteiger partial charge in [-0.15, -0.1) is 0 Å². The maximum Gasteiger partial charge on any atom is 0.335 e. The Morgan fingerprint density at radius 1 is 1.13 bits per heavy atom. The highest BCUT2D eigenvalue weighted by Gasteiger charge is 2.45. The number of carboxylic acid groups (broad SMARTS) is 1. The molecule has 0 atom stereocenters. The fourth-order valence-corrected chi connectivity index (χ4v) is 3.15. The number of benzene rings is 2. The smallest absolute Gasteiger partial charge is 0.335 e. The lowest BCUT2D eigenvalue weighted by Crippen LogP contribution is -2.21. The largest absolute Gasteiger partial charge is 0.478 e. The van der Waals surface area contributed by atoms with Gasteiger partial charge in [0.1, 0.15) is 0 Å². The second-order valence-electron chi connectivity index (χ2n) is 6.79. The number of hydrogen-bond donors (Lipinski definition) is 3. The number of nitrogens with zero attached hydrogens (tertiary/aromatic N) is 3. The Bertz CT molecular complexity index is 1130. The van der Waals surface area contributed by atoms with E-state index in [4.69, 9.17) is 24.2 Å². The van der Waals surface area contributed by atoms with Gasteiger partial charge in [-0.3, -0.25) is 0 Å². The first kappa shape index (κ1) is 17.5. The molecule has 3 aromatic rings. The van der Waals surface area contributed by atoms with Crippen LogP contribution in [0.25, 0.3) is 0 Å². The highest BCUT2D eigenvalue weighted by atomic mass is 35.5. The van der Waals surface area contributed by atoms with Gasteiger partial charge in [-0.2, -0.15) is 15.0 Å². The number of carbonyl (C=O) groups is 1. The van der Waals surface area contributed by atoms with E-state index >= 15 is 0 Å². The van der Waals surface area contributed by atoms with Crippen molar-refractivity contribution in [3.05, 3.63) is 64.7 Å². The Morgan fingerprint density at radius 2 is 1.80 bits per heavy atom. The van der Waals surface area contributed by atoms with E-state index < -0.39 is 12.5 Å². The Morgan fingerprint density at radius 3 is 2.40 bits per heavy atom. The van der Waals surface area contributed by atoms with Gasteiger partial charge in [0.05, 0.1) is 20.4 Å². The van der Waals surface area contributed by atoms with E-state index in [1.807, 2.05) is 24.3 Å². The molecular formula is C21H20ClN5O3. The maximum absolute atomic E-state index is 11.0. The molecule has 1 aliphatic rings. The Labute approximate surface area is 181 Å². The summed E-state index contributed by atoms with van der Waals surface area (Å²) in [6.45, 7) is -0.746. The van der Waals surface area contributed by atoms with Crippen molar-refractivity contribution in [1.29, 1.82) is 0 Å². The zero-order chi connectivity index (χ0) is 22.9. The second-order valence-corrected chi connectivity index (χ2v) is 7.23. The predicted molar refractivity (Wildman–Crippen MR) is 114 cm³/mol. The molecule has 1 aliphatic carbocycles. The van der Waals surface area contributed by atoms with Crippen LogP contribution in [0.15, 0.2) is 48.5 Å². The molecule has 1 saturated carbocycles. The molecule has 0 saturated heterocycles. The van der Waals surface area contributed by atoms with Crippen LogP contribution in [0.2, 0.25) is 5.02 Å². The summed E-state index contributed by atoms with van der Waals surface area (Å²) in [5, 5.41) is 16.0. The third-order valence-corrected chi connectivity index (χ3v) is 4.95. The Hall–Kier alpha value is -3.39. The van der Waals surface area contributed by atoms with E-state index in [9.17, 15) is 4.79 Å². The second kappa shape index (κ2) is 8.16. The van der Waals surface area contributed by atoms with Crippen molar-refractivity contribution in [3.63, 3.8) is 0 Å². The van der Waals surface area contributed by atoms with Crippen LogP contribution in [0.3, 0.4) is 0 Å². The number of aromatic carboxylic acids is 1. The van der Waals surface area contributed by atoms with E-state index in [2.05, 4.69) is 25.6 Å². The lowest BCUT2D eigenvalue weighted by Gasteiger charge is -2.19. The number of carboxylic acids is 1. The third kappa shape index (κ3) is 4.44. The summed E-state index contributed by atoms with van der Waals surface area (Å²) in [7, 11) is 0. The van der Waals surface area contributed by atoms with Crippen molar-refractivity contribution in [2.24, 2.45) is 0 Å². The standard InChI is InChI=1S/C21H20ClN5O3/c1-2-30-20-25-18(23-16-9-3-13(4-10-16)17(28)29)24-19(26-20)27-21(11-12-21)14-5-7-15(22)8-6-14/h3-10H,2,11-12H2,1H3,(H,28,29)(H2,23,24,25,26,27)/i2D2. The molecule has 0 aliphatic heterocycles. The van der Waals surface area contributed by atoms with Gasteiger partial charge in [0.2, 0.25) is 11.9 Å². The predicted octanol–water partition coefficient (Wildman–Crippen LogP) is 4.47. The highest BCUT2D eigenvalue weighted by Crippen LogP contribution is 2.48.